The summed E-state index contributed by atoms with van der Waals surface area (Å²) in [6.45, 7) is 3.48. The molecule has 1 unspecified atom stereocenters. The highest BCUT2D eigenvalue weighted by Crippen LogP contribution is 2.26. The van der Waals surface area contributed by atoms with E-state index in [4.69, 9.17) is 0 Å². The quantitative estimate of drug-likeness (QED) is 0.469. The standard InChI is InChI=1S/C28H37N3O2S/c32-27(29-19-22-11-3-1-4-12-22)21-34-26-16-8-7-15-24(26)28(33)30-20-25(31-17-9-10-18-31)23-13-5-2-6-14-23/h2,5-8,13-16,22,25H,1,3-4,9-12,17-21H2,(H,29,32)(H,30,33). The average Bonchev–Trinajstić information content (AvgIpc) is 3.42. The number of carbonyl (C=O) groups is 2. The van der Waals surface area contributed by atoms with Gasteiger partial charge in [-0.1, -0.05) is 61.7 Å². The van der Waals surface area contributed by atoms with Crippen molar-refractivity contribution in [1.82, 2.24) is 15.5 Å². The molecule has 0 bridgehead atoms. The summed E-state index contributed by atoms with van der Waals surface area (Å²) in [6.07, 6.45) is 8.74. The van der Waals surface area contributed by atoms with Crippen LogP contribution in [0.3, 0.4) is 0 Å². The SMILES string of the molecule is O=C(CSc1ccccc1C(=O)NCC(c1ccccc1)N1CCCC1)NCC1CCCCC1. The Morgan fingerprint density at radius 2 is 1.59 bits per heavy atom. The second kappa shape index (κ2) is 13.0. The fraction of sp³-hybridized carbons (Fsp3) is 0.500. The molecule has 2 fully saturated rings. The second-order valence-corrected chi connectivity index (χ2v) is 10.5. The second-order valence-electron chi connectivity index (χ2n) is 9.47. The van der Waals surface area contributed by atoms with Gasteiger partial charge in [0.05, 0.1) is 17.4 Å². The molecule has 2 aliphatic rings. The van der Waals surface area contributed by atoms with E-state index in [2.05, 4.69) is 39.8 Å². The number of thioether (sulfide) groups is 1. The molecule has 1 aliphatic heterocycles. The molecule has 0 radical (unpaired) electrons. The van der Waals surface area contributed by atoms with Crippen molar-refractivity contribution in [2.75, 3.05) is 31.9 Å². The fourth-order valence-corrected chi connectivity index (χ4v) is 5.97. The summed E-state index contributed by atoms with van der Waals surface area (Å²) in [7, 11) is 0. The topological polar surface area (TPSA) is 61.4 Å². The van der Waals surface area contributed by atoms with E-state index < -0.39 is 0 Å². The highest BCUT2D eigenvalue weighted by Gasteiger charge is 2.24. The van der Waals surface area contributed by atoms with Crippen molar-refractivity contribution in [3.05, 3.63) is 65.7 Å². The van der Waals surface area contributed by atoms with Crippen molar-refractivity contribution < 1.29 is 9.59 Å². The number of hydrogen-bond acceptors (Lipinski definition) is 4. The number of amides is 2. The number of likely N-dealkylation sites (tertiary alicyclic amines) is 1. The lowest BCUT2D eigenvalue weighted by Crippen LogP contribution is -2.37. The van der Waals surface area contributed by atoms with E-state index in [-0.39, 0.29) is 17.9 Å². The molecular weight excluding hydrogens is 442 g/mol. The van der Waals surface area contributed by atoms with Crippen LogP contribution in [0.1, 0.15) is 66.9 Å². The van der Waals surface area contributed by atoms with Crippen LogP contribution in [0, 0.1) is 5.92 Å². The van der Waals surface area contributed by atoms with Crippen LogP contribution in [0.4, 0.5) is 0 Å². The van der Waals surface area contributed by atoms with E-state index in [0.29, 0.717) is 23.8 Å². The molecule has 1 saturated carbocycles. The molecule has 1 atom stereocenters. The van der Waals surface area contributed by atoms with Crippen molar-refractivity contribution in [2.24, 2.45) is 5.92 Å². The predicted octanol–water partition coefficient (Wildman–Crippen LogP) is 5.04. The Morgan fingerprint density at radius 3 is 2.35 bits per heavy atom. The van der Waals surface area contributed by atoms with E-state index in [0.717, 1.165) is 24.5 Å². The first-order valence-corrected chi connectivity index (χ1v) is 13.7. The molecule has 0 aromatic heterocycles. The Hall–Kier alpha value is -2.31. The number of rotatable bonds is 10. The van der Waals surface area contributed by atoms with Gasteiger partial charge < -0.3 is 10.6 Å². The Morgan fingerprint density at radius 1 is 0.882 bits per heavy atom. The Labute approximate surface area is 208 Å². The van der Waals surface area contributed by atoms with Gasteiger partial charge in [0, 0.05) is 18.0 Å². The lowest BCUT2D eigenvalue weighted by Gasteiger charge is -2.28. The lowest BCUT2D eigenvalue weighted by molar-refractivity contribution is -0.118. The van der Waals surface area contributed by atoms with Gasteiger partial charge >= 0.3 is 0 Å². The molecule has 1 aliphatic carbocycles. The van der Waals surface area contributed by atoms with Crippen LogP contribution in [0.15, 0.2) is 59.5 Å². The summed E-state index contributed by atoms with van der Waals surface area (Å²) in [5.74, 6) is 0.918. The number of hydrogen-bond donors (Lipinski definition) is 2. The van der Waals surface area contributed by atoms with Gasteiger partial charge in [-0.3, -0.25) is 14.5 Å². The first-order valence-electron chi connectivity index (χ1n) is 12.8. The summed E-state index contributed by atoms with van der Waals surface area (Å²) >= 11 is 1.44. The first-order chi connectivity index (χ1) is 16.7. The average molecular weight is 480 g/mol. The van der Waals surface area contributed by atoms with Gasteiger partial charge in [-0.05, 0) is 62.4 Å². The predicted molar refractivity (Wildman–Crippen MR) is 139 cm³/mol. The van der Waals surface area contributed by atoms with Crippen molar-refractivity contribution in [1.29, 1.82) is 0 Å². The molecule has 6 heteroatoms. The lowest BCUT2D eigenvalue weighted by atomic mass is 9.89. The third kappa shape index (κ3) is 7.09. The molecular formula is C28H37N3O2S. The molecule has 4 rings (SSSR count). The van der Waals surface area contributed by atoms with Gasteiger partial charge in [0.15, 0.2) is 0 Å². The van der Waals surface area contributed by atoms with Gasteiger partial charge in [-0.25, -0.2) is 0 Å². The summed E-state index contributed by atoms with van der Waals surface area (Å²) in [6, 6.07) is 18.2. The van der Waals surface area contributed by atoms with Gasteiger partial charge in [0.25, 0.3) is 5.91 Å². The van der Waals surface area contributed by atoms with Crippen LogP contribution >= 0.6 is 11.8 Å². The largest absolute Gasteiger partial charge is 0.355 e. The molecule has 1 saturated heterocycles. The van der Waals surface area contributed by atoms with Crippen molar-refractivity contribution in [3.8, 4) is 0 Å². The fourth-order valence-electron chi connectivity index (χ4n) is 5.09. The third-order valence-corrected chi connectivity index (χ3v) is 8.10. The van der Waals surface area contributed by atoms with E-state index in [1.807, 2.05) is 30.3 Å². The Kier molecular flexibility index (Phi) is 9.45. The highest BCUT2D eigenvalue weighted by atomic mass is 32.2. The maximum absolute atomic E-state index is 13.1. The normalized spacial score (nSPS) is 17.9. The van der Waals surface area contributed by atoms with Gasteiger partial charge in [-0.2, -0.15) is 0 Å². The van der Waals surface area contributed by atoms with E-state index in [1.54, 1.807) is 0 Å². The van der Waals surface area contributed by atoms with Gasteiger partial charge in [0.1, 0.15) is 0 Å². The maximum atomic E-state index is 13.1. The van der Waals surface area contributed by atoms with Crippen LogP contribution in [-0.2, 0) is 4.79 Å². The molecule has 2 aromatic carbocycles. The molecule has 2 amide bonds. The molecule has 182 valence electrons. The zero-order valence-corrected chi connectivity index (χ0v) is 20.8. The van der Waals surface area contributed by atoms with Crippen LogP contribution in [0.2, 0.25) is 0 Å². The van der Waals surface area contributed by atoms with Crippen LogP contribution in [-0.4, -0.2) is 48.6 Å². The van der Waals surface area contributed by atoms with Crippen LogP contribution in [0.25, 0.3) is 0 Å². The summed E-state index contributed by atoms with van der Waals surface area (Å²) < 4.78 is 0. The number of benzene rings is 2. The van der Waals surface area contributed by atoms with Crippen molar-refractivity contribution in [2.45, 2.75) is 55.9 Å². The molecule has 1 heterocycles. The summed E-state index contributed by atoms with van der Waals surface area (Å²) in [4.78, 5) is 28.9. The van der Waals surface area contributed by atoms with E-state index >= 15 is 0 Å². The highest BCUT2D eigenvalue weighted by molar-refractivity contribution is 8.00. The third-order valence-electron chi connectivity index (χ3n) is 7.02. The Balaban J connectivity index is 1.32. The van der Waals surface area contributed by atoms with Gasteiger partial charge in [-0.15, -0.1) is 11.8 Å². The molecule has 34 heavy (non-hydrogen) atoms. The van der Waals surface area contributed by atoms with Gasteiger partial charge in [0.2, 0.25) is 5.91 Å². The molecule has 5 nitrogen and oxygen atoms in total. The molecule has 2 aromatic rings. The number of carbonyl (C=O) groups excluding carboxylic acids is 2. The number of nitrogens with zero attached hydrogens (tertiary/aromatic N) is 1. The maximum Gasteiger partial charge on any atom is 0.252 e. The zero-order valence-electron chi connectivity index (χ0n) is 20.0. The summed E-state index contributed by atoms with van der Waals surface area (Å²) in [5, 5.41) is 6.27. The van der Waals surface area contributed by atoms with Crippen LogP contribution < -0.4 is 10.6 Å². The van der Waals surface area contributed by atoms with E-state index in [1.165, 1.54) is 62.3 Å². The summed E-state index contributed by atoms with van der Waals surface area (Å²) in [5.41, 5.74) is 1.88. The van der Waals surface area contributed by atoms with Crippen LogP contribution in [0.5, 0.6) is 0 Å². The molecule has 2 N–H and O–H groups in total. The first kappa shape index (κ1) is 24.8. The number of nitrogens with one attached hydrogen (secondary N) is 2. The zero-order chi connectivity index (χ0) is 23.6. The minimum atomic E-state index is -0.0779. The van der Waals surface area contributed by atoms with Crippen molar-refractivity contribution >= 4 is 23.6 Å². The minimum Gasteiger partial charge on any atom is -0.355 e. The Bertz CT molecular complexity index is 924. The van der Waals surface area contributed by atoms with Crippen molar-refractivity contribution in [3.63, 3.8) is 0 Å². The van der Waals surface area contributed by atoms with E-state index in [9.17, 15) is 9.59 Å². The monoisotopic (exact) mass is 479 g/mol. The molecule has 0 spiro atoms. The minimum absolute atomic E-state index is 0.0453. The smallest absolute Gasteiger partial charge is 0.252 e.